The van der Waals surface area contributed by atoms with E-state index in [1.54, 1.807) is 6.07 Å². The van der Waals surface area contributed by atoms with Crippen molar-refractivity contribution in [2.75, 3.05) is 11.4 Å². The predicted molar refractivity (Wildman–Crippen MR) is 78.3 cm³/mol. The van der Waals surface area contributed by atoms with Gasteiger partial charge < -0.3 is 10.0 Å². The van der Waals surface area contributed by atoms with Gasteiger partial charge in [0.1, 0.15) is 6.07 Å². The molecule has 3 nitrogen and oxygen atoms in total. The second kappa shape index (κ2) is 5.36. The van der Waals surface area contributed by atoms with Crippen molar-refractivity contribution in [1.29, 1.82) is 5.26 Å². The van der Waals surface area contributed by atoms with E-state index in [-0.39, 0.29) is 6.61 Å². The van der Waals surface area contributed by atoms with Gasteiger partial charge >= 0.3 is 0 Å². The Morgan fingerprint density at radius 2 is 1.95 bits per heavy atom. The Bertz CT molecular complexity index is 673. The van der Waals surface area contributed by atoms with Gasteiger partial charge in [0.15, 0.2) is 0 Å². The van der Waals surface area contributed by atoms with Gasteiger partial charge in [-0.05, 0) is 35.2 Å². The van der Waals surface area contributed by atoms with E-state index in [2.05, 4.69) is 35.2 Å². The molecule has 0 saturated heterocycles. The Morgan fingerprint density at radius 1 is 1.15 bits per heavy atom. The summed E-state index contributed by atoms with van der Waals surface area (Å²) in [5, 5.41) is 18.5. The lowest BCUT2D eigenvalue weighted by molar-refractivity contribution is 0.282. The van der Waals surface area contributed by atoms with E-state index in [0.717, 1.165) is 30.8 Å². The molecule has 100 valence electrons. The first kappa shape index (κ1) is 12.7. The van der Waals surface area contributed by atoms with Crippen LogP contribution in [-0.2, 0) is 19.6 Å². The molecule has 0 spiro atoms. The van der Waals surface area contributed by atoms with Gasteiger partial charge in [0.2, 0.25) is 0 Å². The predicted octanol–water partition coefficient (Wildman–Crippen LogP) is 2.61. The maximum Gasteiger partial charge on any atom is 0.101 e. The highest BCUT2D eigenvalue weighted by molar-refractivity contribution is 5.61. The van der Waals surface area contributed by atoms with Crippen molar-refractivity contribution in [3.63, 3.8) is 0 Å². The van der Waals surface area contributed by atoms with Gasteiger partial charge in [-0.2, -0.15) is 5.26 Å². The number of nitrogens with zero attached hydrogens (tertiary/aromatic N) is 2. The minimum absolute atomic E-state index is 0.0300. The molecular weight excluding hydrogens is 248 g/mol. The van der Waals surface area contributed by atoms with Gasteiger partial charge in [-0.3, -0.25) is 0 Å². The molecule has 0 amide bonds. The molecular formula is C17H16N2O. The Kier molecular flexibility index (Phi) is 3.41. The highest BCUT2D eigenvalue weighted by Crippen LogP contribution is 2.27. The number of hydrogen-bond donors (Lipinski definition) is 1. The lowest BCUT2D eigenvalue weighted by Gasteiger charge is -2.31. The molecule has 0 atom stereocenters. The molecule has 3 rings (SSSR count). The van der Waals surface area contributed by atoms with Crippen molar-refractivity contribution >= 4 is 5.69 Å². The largest absolute Gasteiger partial charge is 0.392 e. The quantitative estimate of drug-likeness (QED) is 0.907. The first-order valence-electron chi connectivity index (χ1n) is 6.77. The molecule has 0 aliphatic carbocycles. The van der Waals surface area contributed by atoms with Crippen molar-refractivity contribution in [2.45, 2.75) is 19.6 Å². The van der Waals surface area contributed by atoms with E-state index < -0.39 is 0 Å². The maximum atomic E-state index is 9.31. The topological polar surface area (TPSA) is 47.3 Å². The van der Waals surface area contributed by atoms with E-state index in [4.69, 9.17) is 5.11 Å². The summed E-state index contributed by atoms with van der Waals surface area (Å²) in [6.07, 6.45) is 1.00. The van der Waals surface area contributed by atoms with E-state index in [1.807, 2.05) is 12.1 Å². The second-order valence-corrected chi connectivity index (χ2v) is 5.06. The summed E-state index contributed by atoms with van der Waals surface area (Å²) in [4.78, 5) is 2.24. The summed E-state index contributed by atoms with van der Waals surface area (Å²) in [7, 11) is 0. The highest BCUT2D eigenvalue weighted by atomic mass is 16.3. The number of benzene rings is 2. The van der Waals surface area contributed by atoms with Gasteiger partial charge in [-0.25, -0.2) is 0 Å². The molecule has 0 fully saturated rings. The normalized spacial score (nSPS) is 13.7. The van der Waals surface area contributed by atoms with Crippen LogP contribution in [0, 0.1) is 11.3 Å². The van der Waals surface area contributed by atoms with Crippen LogP contribution in [0.4, 0.5) is 5.69 Å². The van der Waals surface area contributed by atoms with E-state index in [9.17, 15) is 5.26 Å². The van der Waals surface area contributed by atoms with Crippen LogP contribution in [0.3, 0.4) is 0 Å². The highest BCUT2D eigenvalue weighted by Gasteiger charge is 2.18. The number of anilines is 1. The summed E-state index contributed by atoms with van der Waals surface area (Å²) >= 11 is 0. The van der Waals surface area contributed by atoms with Crippen molar-refractivity contribution in [1.82, 2.24) is 0 Å². The van der Waals surface area contributed by atoms with Crippen LogP contribution in [0.5, 0.6) is 0 Å². The summed E-state index contributed by atoms with van der Waals surface area (Å²) in [5.74, 6) is 0. The summed E-state index contributed by atoms with van der Waals surface area (Å²) in [5.41, 5.74) is 5.10. The fourth-order valence-corrected chi connectivity index (χ4v) is 2.75. The third-order valence-electron chi connectivity index (χ3n) is 3.84. The van der Waals surface area contributed by atoms with Crippen LogP contribution in [0.25, 0.3) is 0 Å². The van der Waals surface area contributed by atoms with E-state index >= 15 is 0 Å². The fraction of sp³-hybridized carbons (Fsp3) is 0.235. The third-order valence-corrected chi connectivity index (χ3v) is 3.84. The molecule has 0 radical (unpaired) electrons. The zero-order chi connectivity index (χ0) is 13.9. The number of nitriles is 1. The molecule has 3 heteroatoms. The van der Waals surface area contributed by atoms with E-state index in [0.29, 0.717) is 5.56 Å². The number of hydrogen-bond acceptors (Lipinski definition) is 3. The molecule has 20 heavy (non-hydrogen) atoms. The fourth-order valence-electron chi connectivity index (χ4n) is 2.75. The summed E-state index contributed by atoms with van der Waals surface area (Å²) in [6.45, 7) is 1.73. The van der Waals surface area contributed by atoms with Crippen LogP contribution >= 0.6 is 0 Å². The second-order valence-electron chi connectivity index (χ2n) is 5.06. The first-order chi connectivity index (χ1) is 9.81. The number of rotatable bonds is 2. The smallest absolute Gasteiger partial charge is 0.101 e. The molecule has 1 N–H and O–H groups in total. The Morgan fingerprint density at radius 3 is 2.70 bits per heavy atom. The average molecular weight is 264 g/mol. The zero-order valence-corrected chi connectivity index (χ0v) is 11.2. The van der Waals surface area contributed by atoms with Crippen LogP contribution in [0.1, 0.15) is 22.3 Å². The van der Waals surface area contributed by atoms with Crippen molar-refractivity contribution in [2.24, 2.45) is 0 Å². The standard InChI is InChI=1S/C17H16N2O/c18-10-16-9-13(12-20)5-6-17(16)19-8-7-14-3-1-2-4-15(14)11-19/h1-6,9,20H,7-8,11-12H2. The van der Waals surface area contributed by atoms with Crippen LogP contribution in [0.2, 0.25) is 0 Å². The Hall–Kier alpha value is -2.31. The minimum atomic E-state index is -0.0300. The monoisotopic (exact) mass is 264 g/mol. The zero-order valence-electron chi connectivity index (χ0n) is 11.2. The lowest BCUT2D eigenvalue weighted by Crippen LogP contribution is -2.30. The van der Waals surface area contributed by atoms with Gasteiger partial charge in [0.25, 0.3) is 0 Å². The summed E-state index contributed by atoms with van der Waals surface area (Å²) < 4.78 is 0. The molecule has 2 aromatic rings. The maximum absolute atomic E-state index is 9.31. The SMILES string of the molecule is N#Cc1cc(CO)ccc1N1CCc2ccccc2C1. The van der Waals surface area contributed by atoms with Gasteiger partial charge in [-0.15, -0.1) is 0 Å². The van der Waals surface area contributed by atoms with Crippen LogP contribution in [-0.4, -0.2) is 11.7 Å². The van der Waals surface area contributed by atoms with Gasteiger partial charge in [0, 0.05) is 13.1 Å². The average Bonchev–Trinajstić information content (AvgIpc) is 2.53. The number of aliphatic hydroxyl groups is 1. The molecule has 1 aliphatic rings. The Balaban J connectivity index is 1.94. The number of aliphatic hydroxyl groups excluding tert-OH is 1. The third kappa shape index (κ3) is 2.26. The summed E-state index contributed by atoms with van der Waals surface area (Å²) in [6, 6.07) is 16.3. The molecule has 1 aliphatic heterocycles. The minimum Gasteiger partial charge on any atom is -0.392 e. The van der Waals surface area contributed by atoms with Crippen molar-refractivity contribution in [3.05, 3.63) is 64.7 Å². The molecule has 0 aromatic heterocycles. The molecule has 0 saturated carbocycles. The van der Waals surface area contributed by atoms with Gasteiger partial charge in [0.05, 0.1) is 17.9 Å². The molecule has 0 bridgehead atoms. The van der Waals surface area contributed by atoms with Crippen LogP contribution in [0.15, 0.2) is 42.5 Å². The van der Waals surface area contributed by atoms with Crippen LogP contribution < -0.4 is 4.90 Å². The molecule has 2 aromatic carbocycles. The number of fused-ring (bicyclic) bond motifs is 1. The van der Waals surface area contributed by atoms with Gasteiger partial charge in [-0.1, -0.05) is 30.3 Å². The van der Waals surface area contributed by atoms with E-state index in [1.165, 1.54) is 11.1 Å². The first-order valence-corrected chi connectivity index (χ1v) is 6.77. The molecule has 0 unspecified atom stereocenters. The van der Waals surface area contributed by atoms with Crippen molar-refractivity contribution < 1.29 is 5.11 Å². The lowest BCUT2D eigenvalue weighted by atomic mass is 9.98. The Labute approximate surface area is 118 Å². The van der Waals surface area contributed by atoms with Crippen molar-refractivity contribution in [3.8, 4) is 6.07 Å². The molecule has 1 heterocycles.